The van der Waals surface area contributed by atoms with Gasteiger partial charge >= 0.3 is 0 Å². The Morgan fingerprint density at radius 3 is 2.19 bits per heavy atom. The molecule has 0 amide bonds. The predicted molar refractivity (Wildman–Crippen MR) is 89.4 cm³/mol. The maximum atomic E-state index is 6.74. The minimum atomic E-state index is -0.103. The molecule has 2 aliphatic carbocycles. The highest BCUT2D eigenvalue weighted by molar-refractivity contribution is 5.15. The largest absolute Gasteiger partial charge is 0.378 e. The minimum absolute atomic E-state index is 0.0746. The van der Waals surface area contributed by atoms with E-state index in [0.717, 1.165) is 19.6 Å². The van der Waals surface area contributed by atoms with Crippen LogP contribution in [0.25, 0.3) is 0 Å². The zero-order valence-electron chi connectivity index (χ0n) is 15.0. The summed E-state index contributed by atoms with van der Waals surface area (Å²) in [6, 6.07) is 0.709. The molecule has 0 radical (unpaired) electrons. The van der Waals surface area contributed by atoms with E-state index in [1.54, 1.807) is 0 Å². The molecule has 2 unspecified atom stereocenters. The highest BCUT2D eigenvalue weighted by Gasteiger charge is 2.58. The van der Waals surface area contributed by atoms with Crippen molar-refractivity contribution < 1.29 is 4.74 Å². The smallest absolute Gasteiger partial charge is 0.0662 e. The fraction of sp³-hybridized carbons (Fsp3) is 1.00. The molecule has 0 aromatic carbocycles. The summed E-state index contributed by atoms with van der Waals surface area (Å²) in [4.78, 5) is 2.53. The van der Waals surface area contributed by atoms with Gasteiger partial charge in [-0.25, -0.2) is 0 Å². The van der Waals surface area contributed by atoms with Gasteiger partial charge in [-0.3, -0.25) is 0 Å². The lowest BCUT2D eigenvalue weighted by Crippen LogP contribution is -2.73. The predicted octanol–water partition coefficient (Wildman–Crippen LogP) is 3.42. The molecule has 3 nitrogen and oxygen atoms in total. The number of nitrogens with zero attached hydrogens (tertiary/aromatic N) is 1. The first-order valence-corrected chi connectivity index (χ1v) is 8.72. The quantitative estimate of drug-likeness (QED) is 0.845. The van der Waals surface area contributed by atoms with Gasteiger partial charge in [-0.15, -0.1) is 0 Å². The number of hydrogen-bond acceptors (Lipinski definition) is 3. The van der Waals surface area contributed by atoms with E-state index >= 15 is 0 Å². The van der Waals surface area contributed by atoms with Gasteiger partial charge in [0.1, 0.15) is 0 Å². The Bertz CT molecular complexity index is 356. The van der Waals surface area contributed by atoms with Crippen molar-refractivity contribution in [3.05, 3.63) is 0 Å². The second-order valence-electron chi connectivity index (χ2n) is 8.84. The van der Waals surface area contributed by atoms with Crippen LogP contribution in [0, 0.1) is 10.8 Å². The third kappa shape index (κ3) is 3.30. The Labute approximate surface area is 131 Å². The molecule has 0 aromatic rings. The molecule has 3 heteroatoms. The van der Waals surface area contributed by atoms with E-state index in [-0.39, 0.29) is 11.0 Å². The maximum absolute atomic E-state index is 6.74. The van der Waals surface area contributed by atoms with Gasteiger partial charge < -0.3 is 15.4 Å². The van der Waals surface area contributed by atoms with Gasteiger partial charge in [0.05, 0.1) is 6.10 Å². The maximum Gasteiger partial charge on any atom is 0.0662 e. The molecule has 2 rings (SSSR count). The average Bonchev–Trinajstić information content (AvgIpc) is 2.38. The van der Waals surface area contributed by atoms with Gasteiger partial charge in [-0.05, 0) is 51.5 Å². The molecular weight excluding hydrogens is 260 g/mol. The minimum Gasteiger partial charge on any atom is -0.378 e. The Morgan fingerprint density at radius 2 is 1.71 bits per heavy atom. The Balaban J connectivity index is 1.90. The molecule has 0 heterocycles. The van der Waals surface area contributed by atoms with Crippen LogP contribution in [0.5, 0.6) is 0 Å². The Hall–Kier alpha value is -0.120. The van der Waals surface area contributed by atoms with Crippen LogP contribution in [0.3, 0.4) is 0 Å². The number of likely N-dealkylation sites (N-methyl/N-ethyl adjacent to an activating group) is 1. The summed E-state index contributed by atoms with van der Waals surface area (Å²) in [5.41, 5.74) is 7.25. The highest BCUT2D eigenvalue weighted by Crippen LogP contribution is 2.50. The molecular formula is C18H36N2O. The number of rotatable bonds is 5. The summed E-state index contributed by atoms with van der Waals surface area (Å²) in [5, 5.41) is 0. The molecule has 2 atom stereocenters. The van der Waals surface area contributed by atoms with Crippen LogP contribution >= 0.6 is 0 Å². The van der Waals surface area contributed by atoms with Gasteiger partial charge in [-0.1, -0.05) is 27.7 Å². The van der Waals surface area contributed by atoms with Gasteiger partial charge in [0.2, 0.25) is 0 Å². The summed E-state index contributed by atoms with van der Waals surface area (Å²) >= 11 is 0. The zero-order valence-corrected chi connectivity index (χ0v) is 15.0. The average molecular weight is 296 g/mol. The van der Waals surface area contributed by atoms with Gasteiger partial charge in [0, 0.05) is 30.1 Å². The molecule has 2 fully saturated rings. The summed E-state index contributed by atoms with van der Waals surface area (Å²) < 4.78 is 5.84. The fourth-order valence-corrected chi connectivity index (χ4v) is 4.17. The summed E-state index contributed by atoms with van der Waals surface area (Å²) in [6.07, 6.45) is 6.63. The van der Waals surface area contributed by atoms with Crippen molar-refractivity contribution in [2.45, 2.75) is 84.4 Å². The molecule has 2 N–H and O–H groups in total. The molecule has 0 aliphatic heterocycles. The van der Waals surface area contributed by atoms with Crippen LogP contribution in [-0.4, -0.2) is 42.8 Å². The summed E-state index contributed by atoms with van der Waals surface area (Å²) in [6.45, 7) is 13.2. The van der Waals surface area contributed by atoms with Crippen molar-refractivity contribution in [2.24, 2.45) is 16.6 Å². The second-order valence-corrected chi connectivity index (χ2v) is 8.84. The summed E-state index contributed by atoms with van der Waals surface area (Å²) in [5.74, 6) is 0. The highest BCUT2D eigenvalue weighted by atomic mass is 16.5. The normalized spacial score (nSPS) is 35.7. The lowest BCUT2D eigenvalue weighted by Gasteiger charge is -2.60. The van der Waals surface area contributed by atoms with E-state index < -0.39 is 0 Å². The topological polar surface area (TPSA) is 38.5 Å². The number of ether oxygens (including phenoxy) is 1. The molecule has 0 saturated heterocycles. The van der Waals surface area contributed by atoms with Crippen molar-refractivity contribution in [3.63, 3.8) is 0 Å². The molecule has 21 heavy (non-hydrogen) atoms. The van der Waals surface area contributed by atoms with Gasteiger partial charge in [-0.2, -0.15) is 0 Å². The third-order valence-electron chi connectivity index (χ3n) is 6.47. The Kier molecular flexibility index (Phi) is 4.78. The van der Waals surface area contributed by atoms with Crippen molar-refractivity contribution in [1.29, 1.82) is 0 Å². The number of nitrogens with two attached hydrogens (primary N) is 1. The van der Waals surface area contributed by atoms with Crippen LogP contribution in [0.15, 0.2) is 0 Å². The second kappa shape index (κ2) is 5.82. The van der Waals surface area contributed by atoms with E-state index in [1.807, 2.05) is 0 Å². The van der Waals surface area contributed by atoms with Crippen molar-refractivity contribution in [2.75, 3.05) is 20.2 Å². The molecule has 0 bridgehead atoms. The van der Waals surface area contributed by atoms with Crippen molar-refractivity contribution in [3.8, 4) is 0 Å². The van der Waals surface area contributed by atoms with E-state index in [4.69, 9.17) is 10.5 Å². The molecule has 2 saturated carbocycles. The SMILES string of the molecule is CCOC1CC(N)(CN(C)C2CCC(C)(C)CC2)C1(C)C. The van der Waals surface area contributed by atoms with E-state index in [2.05, 4.69) is 46.6 Å². The number of hydrogen-bond donors (Lipinski definition) is 1. The van der Waals surface area contributed by atoms with Gasteiger partial charge in [0.25, 0.3) is 0 Å². The molecule has 0 aromatic heterocycles. The first kappa shape index (κ1) is 17.2. The van der Waals surface area contributed by atoms with Crippen LogP contribution in [0.2, 0.25) is 0 Å². The van der Waals surface area contributed by atoms with E-state index in [9.17, 15) is 0 Å². The van der Waals surface area contributed by atoms with Crippen LogP contribution in [0.1, 0.15) is 66.7 Å². The molecule has 124 valence electrons. The van der Waals surface area contributed by atoms with Gasteiger partial charge in [0.15, 0.2) is 0 Å². The lowest BCUT2D eigenvalue weighted by atomic mass is 9.54. The van der Waals surface area contributed by atoms with Crippen LogP contribution in [0.4, 0.5) is 0 Å². The third-order valence-corrected chi connectivity index (χ3v) is 6.47. The Morgan fingerprint density at radius 1 is 1.14 bits per heavy atom. The standard InChI is InChI=1S/C18H36N2O/c1-7-21-15-12-18(19,17(15,4)5)13-20(6)14-8-10-16(2,3)11-9-14/h14-15H,7-13,19H2,1-6H3. The molecule has 2 aliphatic rings. The lowest BCUT2D eigenvalue weighted by molar-refractivity contribution is -0.157. The van der Waals surface area contributed by atoms with Crippen molar-refractivity contribution in [1.82, 2.24) is 4.90 Å². The van der Waals surface area contributed by atoms with Crippen LogP contribution in [-0.2, 0) is 4.74 Å². The monoisotopic (exact) mass is 296 g/mol. The molecule has 0 spiro atoms. The fourth-order valence-electron chi connectivity index (χ4n) is 4.17. The summed E-state index contributed by atoms with van der Waals surface area (Å²) in [7, 11) is 2.27. The van der Waals surface area contributed by atoms with Crippen LogP contribution < -0.4 is 5.73 Å². The van der Waals surface area contributed by atoms with E-state index in [1.165, 1.54) is 25.7 Å². The van der Waals surface area contributed by atoms with E-state index in [0.29, 0.717) is 17.6 Å². The zero-order chi connectivity index (χ0) is 15.9. The first-order valence-electron chi connectivity index (χ1n) is 8.72. The first-order chi connectivity index (χ1) is 9.61. The van der Waals surface area contributed by atoms with Crippen molar-refractivity contribution >= 4 is 0 Å².